The molecule has 0 fully saturated rings. The van der Waals surface area contributed by atoms with E-state index in [-0.39, 0.29) is 5.91 Å². The van der Waals surface area contributed by atoms with Gasteiger partial charge in [0.1, 0.15) is 5.82 Å². The second kappa shape index (κ2) is 6.88. The Kier molecular flexibility index (Phi) is 4.42. The van der Waals surface area contributed by atoms with Gasteiger partial charge in [-0.05, 0) is 44.0 Å². The Labute approximate surface area is 156 Å². The summed E-state index contributed by atoms with van der Waals surface area (Å²) >= 11 is 1.70. The first-order valence-corrected chi connectivity index (χ1v) is 9.46. The minimum absolute atomic E-state index is 0.0000273. The number of aryl methyl sites for hydroxylation is 2. The summed E-state index contributed by atoms with van der Waals surface area (Å²) in [6.07, 6.45) is 2.55. The molecule has 5 nitrogen and oxygen atoms in total. The fourth-order valence-corrected chi connectivity index (χ4v) is 4.07. The van der Waals surface area contributed by atoms with Crippen LogP contribution in [0.3, 0.4) is 0 Å². The quantitative estimate of drug-likeness (QED) is 0.761. The monoisotopic (exact) mass is 364 g/mol. The summed E-state index contributed by atoms with van der Waals surface area (Å²) < 4.78 is 0. The zero-order chi connectivity index (χ0) is 18.1. The van der Waals surface area contributed by atoms with Crippen molar-refractivity contribution in [3.63, 3.8) is 0 Å². The third-order valence-electron chi connectivity index (χ3n) is 4.58. The molecule has 6 heteroatoms. The molecule has 1 aliphatic rings. The molecule has 132 valence electrons. The van der Waals surface area contributed by atoms with Gasteiger partial charge in [0.2, 0.25) is 0 Å². The normalized spacial score (nSPS) is 12.9. The molecular formula is C20H20N4OS. The lowest BCUT2D eigenvalue weighted by Gasteiger charge is -2.17. The molecule has 3 heterocycles. The van der Waals surface area contributed by atoms with Gasteiger partial charge in [0.25, 0.3) is 5.91 Å². The lowest BCUT2D eigenvalue weighted by atomic mass is 10.2. The lowest BCUT2D eigenvalue weighted by Crippen LogP contribution is -2.28. The van der Waals surface area contributed by atoms with E-state index in [9.17, 15) is 4.79 Å². The van der Waals surface area contributed by atoms with Crippen LogP contribution in [-0.4, -0.2) is 22.4 Å². The molecule has 1 amide bonds. The van der Waals surface area contributed by atoms with Crippen molar-refractivity contribution < 1.29 is 4.79 Å². The number of pyridine rings is 1. The molecule has 0 aliphatic carbocycles. The number of thiazole rings is 1. The van der Waals surface area contributed by atoms with E-state index in [4.69, 9.17) is 0 Å². The van der Waals surface area contributed by atoms with Crippen molar-refractivity contribution >= 4 is 28.7 Å². The Morgan fingerprint density at radius 2 is 2.08 bits per heavy atom. The summed E-state index contributed by atoms with van der Waals surface area (Å²) in [4.78, 5) is 24.8. The number of carbonyl (C=O) groups excluding carboxylic acids is 1. The number of hydrogen-bond acceptors (Lipinski definition) is 5. The number of nitrogens with zero attached hydrogens (tertiary/aromatic N) is 3. The SMILES string of the molecule is Cc1nc(CNc2ccc(C(=O)N3CCc4ccccc43)cn2)c(C)s1. The van der Waals surface area contributed by atoms with Gasteiger partial charge in [-0.3, -0.25) is 4.79 Å². The van der Waals surface area contributed by atoms with Crippen LogP contribution < -0.4 is 10.2 Å². The highest BCUT2D eigenvalue weighted by molar-refractivity contribution is 7.11. The molecule has 0 bridgehead atoms. The molecule has 1 aromatic carbocycles. The second-order valence-corrected chi connectivity index (χ2v) is 7.76. The highest BCUT2D eigenvalue weighted by Crippen LogP contribution is 2.28. The predicted molar refractivity (Wildman–Crippen MR) is 105 cm³/mol. The number of benzene rings is 1. The number of carbonyl (C=O) groups is 1. The van der Waals surface area contributed by atoms with Crippen molar-refractivity contribution in [2.45, 2.75) is 26.8 Å². The summed E-state index contributed by atoms with van der Waals surface area (Å²) in [6.45, 7) is 5.44. The molecule has 4 rings (SSSR count). The fourth-order valence-electron chi connectivity index (χ4n) is 3.24. The van der Waals surface area contributed by atoms with E-state index in [1.165, 1.54) is 10.4 Å². The van der Waals surface area contributed by atoms with E-state index < -0.39 is 0 Å². The van der Waals surface area contributed by atoms with Crippen LogP contribution in [0.1, 0.15) is 31.5 Å². The molecule has 0 saturated heterocycles. The summed E-state index contributed by atoms with van der Waals surface area (Å²) in [5.41, 5.74) is 3.88. The lowest BCUT2D eigenvalue weighted by molar-refractivity contribution is 0.0989. The van der Waals surface area contributed by atoms with Crippen LogP contribution in [0.5, 0.6) is 0 Å². The largest absolute Gasteiger partial charge is 0.364 e. The van der Waals surface area contributed by atoms with Gasteiger partial charge in [-0.25, -0.2) is 9.97 Å². The molecule has 2 aromatic heterocycles. The maximum atomic E-state index is 12.8. The maximum Gasteiger partial charge on any atom is 0.259 e. The smallest absolute Gasteiger partial charge is 0.259 e. The van der Waals surface area contributed by atoms with Gasteiger partial charge in [0.05, 0.1) is 22.8 Å². The third kappa shape index (κ3) is 3.20. The third-order valence-corrected chi connectivity index (χ3v) is 5.51. The topological polar surface area (TPSA) is 58.1 Å². The minimum Gasteiger partial charge on any atom is -0.364 e. The average Bonchev–Trinajstić information content (AvgIpc) is 3.22. The zero-order valence-corrected chi connectivity index (χ0v) is 15.6. The van der Waals surface area contributed by atoms with Gasteiger partial charge in [0, 0.05) is 23.3 Å². The second-order valence-electron chi connectivity index (χ2n) is 6.36. The Morgan fingerprint density at radius 1 is 1.23 bits per heavy atom. The van der Waals surface area contributed by atoms with Crippen LogP contribution in [0.2, 0.25) is 0 Å². The summed E-state index contributed by atoms with van der Waals surface area (Å²) in [7, 11) is 0. The van der Waals surface area contributed by atoms with Crippen LogP contribution in [0.15, 0.2) is 42.6 Å². The number of aromatic nitrogens is 2. The molecule has 3 aromatic rings. The Bertz CT molecular complexity index is 949. The average molecular weight is 364 g/mol. The van der Waals surface area contributed by atoms with Crippen LogP contribution in [0.4, 0.5) is 11.5 Å². The minimum atomic E-state index is -0.0000273. The van der Waals surface area contributed by atoms with Gasteiger partial charge in [-0.2, -0.15) is 0 Å². The highest BCUT2D eigenvalue weighted by atomic mass is 32.1. The molecule has 1 N–H and O–H groups in total. The first kappa shape index (κ1) is 16.7. The standard InChI is InChI=1S/C20H20N4OS/c1-13-17(23-14(2)26-13)12-22-19-8-7-16(11-21-19)20(25)24-10-9-15-5-3-4-6-18(15)24/h3-8,11H,9-10,12H2,1-2H3,(H,21,22). The molecular weight excluding hydrogens is 344 g/mol. The molecule has 0 unspecified atom stereocenters. The maximum absolute atomic E-state index is 12.8. The van der Waals surface area contributed by atoms with Gasteiger partial charge in [0.15, 0.2) is 0 Å². The predicted octanol–water partition coefficient (Wildman–Crippen LogP) is 3.97. The van der Waals surface area contributed by atoms with Crippen LogP contribution >= 0.6 is 11.3 Å². The van der Waals surface area contributed by atoms with E-state index in [1.807, 2.05) is 42.2 Å². The molecule has 0 saturated carbocycles. The summed E-state index contributed by atoms with van der Waals surface area (Å²) in [5.74, 6) is 0.744. The highest BCUT2D eigenvalue weighted by Gasteiger charge is 2.25. The van der Waals surface area contributed by atoms with Crippen molar-refractivity contribution in [3.05, 3.63) is 69.3 Å². The first-order valence-electron chi connectivity index (χ1n) is 8.64. The van der Waals surface area contributed by atoms with Crippen LogP contribution in [0.25, 0.3) is 0 Å². The number of nitrogens with one attached hydrogen (secondary N) is 1. The number of para-hydroxylation sites is 1. The van der Waals surface area contributed by atoms with E-state index in [1.54, 1.807) is 17.5 Å². The number of rotatable bonds is 4. The first-order chi connectivity index (χ1) is 12.6. The Morgan fingerprint density at radius 3 is 2.81 bits per heavy atom. The molecule has 0 atom stereocenters. The van der Waals surface area contributed by atoms with Gasteiger partial charge < -0.3 is 10.2 Å². The van der Waals surface area contributed by atoms with Crippen molar-refractivity contribution in [2.24, 2.45) is 0 Å². The van der Waals surface area contributed by atoms with E-state index >= 15 is 0 Å². The number of hydrogen-bond donors (Lipinski definition) is 1. The summed E-state index contributed by atoms with van der Waals surface area (Å²) in [5, 5.41) is 4.34. The molecule has 0 spiro atoms. The van der Waals surface area contributed by atoms with E-state index in [0.717, 1.165) is 35.2 Å². The fraction of sp³-hybridized carbons (Fsp3) is 0.250. The molecule has 1 aliphatic heterocycles. The van der Waals surface area contributed by atoms with Gasteiger partial charge in [-0.1, -0.05) is 18.2 Å². The Hall–Kier alpha value is -2.73. The Balaban J connectivity index is 1.44. The van der Waals surface area contributed by atoms with Gasteiger partial charge >= 0.3 is 0 Å². The number of amides is 1. The van der Waals surface area contributed by atoms with Crippen molar-refractivity contribution in [1.29, 1.82) is 0 Å². The van der Waals surface area contributed by atoms with Crippen LogP contribution in [-0.2, 0) is 13.0 Å². The summed E-state index contributed by atoms with van der Waals surface area (Å²) in [6, 6.07) is 11.7. The van der Waals surface area contributed by atoms with Crippen molar-refractivity contribution in [3.8, 4) is 0 Å². The zero-order valence-electron chi connectivity index (χ0n) is 14.8. The van der Waals surface area contributed by atoms with Gasteiger partial charge in [-0.15, -0.1) is 11.3 Å². The van der Waals surface area contributed by atoms with Crippen molar-refractivity contribution in [2.75, 3.05) is 16.8 Å². The van der Waals surface area contributed by atoms with Crippen LogP contribution in [0, 0.1) is 13.8 Å². The van der Waals surface area contributed by atoms with E-state index in [2.05, 4.69) is 28.3 Å². The van der Waals surface area contributed by atoms with Crippen molar-refractivity contribution in [1.82, 2.24) is 9.97 Å². The number of fused-ring (bicyclic) bond motifs is 1. The molecule has 0 radical (unpaired) electrons. The molecule has 26 heavy (non-hydrogen) atoms. The van der Waals surface area contributed by atoms with E-state index in [0.29, 0.717) is 12.1 Å². The number of anilines is 2.